The summed E-state index contributed by atoms with van der Waals surface area (Å²) in [4.78, 5) is 7.27. The summed E-state index contributed by atoms with van der Waals surface area (Å²) >= 11 is 0. The molecule has 3 nitrogen and oxygen atoms in total. The summed E-state index contributed by atoms with van der Waals surface area (Å²) in [5.41, 5.74) is 7.61. The molecule has 0 saturated carbocycles. The average Bonchev–Trinajstić information content (AvgIpc) is 3.31. The molecule has 162 valence electrons. The normalized spacial score (nSPS) is 10.9. The fourth-order valence-electron chi connectivity index (χ4n) is 4.42. The van der Waals surface area contributed by atoms with Crippen LogP contribution >= 0.6 is 0 Å². The number of imidazole rings is 1. The van der Waals surface area contributed by atoms with E-state index in [1.54, 1.807) is 0 Å². The quantitative estimate of drug-likeness (QED) is 0.271. The molecule has 0 N–H and O–H groups in total. The second-order valence-corrected chi connectivity index (χ2v) is 8.15. The third-order valence-electron chi connectivity index (χ3n) is 5.99. The van der Waals surface area contributed by atoms with E-state index in [0.717, 1.165) is 45.2 Å². The van der Waals surface area contributed by atoms with E-state index in [0.29, 0.717) is 0 Å². The number of fused-ring (bicyclic) bond motifs is 1. The Morgan fingerprint density at radius 2 is 0.971 bits per heavy atom. The Kier molecular flexibility index (Phi) is 5.13. The number of hydrogen-bond donors (Lipinski definition) is 0. The summed E-state index contributed by atoms with van der Waals surface area (Å²) in [5, 5.41) is 0. The van der Waals surface area contributed by atoms with Crippen molar-refractivity contribution in [1.29, 1.82) is 0 Å². The summed E-state index contributed by atoms with van der Waals surface area (Å²) in [7, 11) is 0. The summed E-state index contributed by atoms with van der Waals surface area (Å²) in [5.74, 6) is 0.935. The van der Waals surface area contributed by atoms with Gasteiger partial charge >= 0.3 is 0 Å². The van der Waals surface area contributed by atoms with Crippen LogP contribution in [0.4, 0.5) is 17.1 Å². The molecule has 5 aromatic carbocycles. The zero-order chi connectivity index (χ0) is 22.7. The Hall–Kier alpha value is -4.63. The monoisotopic (exact) mass is 437 g/mol. The molecule has 6 aromatic rings. The van der Waals surface area contributed by atoms with Crippen molar-refractivity contribution in [2.24, 2.45) is 0 Å². The van der Waals surface area contributed by atoms with E-state index in [1.807, 2.05) is 24.3 Å². The molecule has 34 heavy (non-hydrogen) atoms. The fourth-order valence-corrected chi connectivity index (χ4v) is 4.42. The van der Waals surface area contributed by atoms with Crippen LogP contribution < -0.4 is 4.90 Å². The highest BCUT2D eigenvalue weighted by atomic mass is 15.1. The molecule has 0 fully saturated rings. The molecular formula is C31H23N3. The van der Waals surface area contributed by atoms with Gasteiger partial charge in [0.1, 0.15) is 5.82 Å². The Labute approximate surface area is 199 Å². The molecule has 0 unspecified atom stereocenters. The number of nitrogens with zero attached hydrogens (tertiary/aromatic N) is 3. The van der Waals surface area contributed by atoms with Crippen molar-refractivity contribution in [3.8, 4) is 17.1 Å². The van der Waals surface area contributed by atoms with Crippen molar-refractivity contribution >= 4 is 28.1 Å². The maximum Gasteiger partial charge on any atom is 0.145 e. The topological polar surface area (TPSA) is 21.1 Å². The number of benzene rings is 5. The van der Waals surface area contributed by atoms with Crippen LogP contribution in [0.5, 0.6) is 0 Å². The molecule has 3 heteroatoms. The molecule has 0 aliphatic carbocycles. The zero-order valence-corrected chi connectivity index (χ0v) is 18.6. The van der Waals surface area contributed by atoms with Gasteiger partial charge in [0, 0.05) is 28.3 Å². The average molecular weight is 438 g/mol. The van der Waals surface area contributed by atoms with Crippen LogP contribution in [0.1, 0.15) is 0 Å². The van der Waals surface area contributed by atoms with Crippen LogP contribution in [0, 0.1) is 0 Å². The molecule has 6 rings (SSSR count). The van der Waals surface area contributed by atoms with Crippen molar-refractivity contribution in [3.63, 3.8) is 0 Å². The minimum Gasteiger partial charge on any atom is -0.311 e. The molecule has 0 saturated heterocycles. The van der Waals surface area contributed by atoms with Crippen LogP contribution in [0.15, 0.2) is 140 Å². The lowest BCUT2D eigenvalue weighted by atomic mass is 10.1. The number of anilines is 3. The highest BCUT2D eigenvalue weighted by Gasteiger charge is 2.16. The van der Waals surface area contributed by atoms with Crippen LogP contribution in [0.2, 0.25) is 0 Å². The van der Waals surface area contributed by atoms with Crippen LogP contribution in [-0.4, -0.2) is 9.55 Å². The highest BCUT2D eigenvalue weighted by Crippen LogP contribution is 2.36. The fraction of sp³-hybridized carbons (Fsp3) is 0. The SMILES string of the molecule is c1ccc(N(c2ccccc2)c2ccc(-c3nc4ccccc4n3-c3ccccc3)cc2)cc1. The Balaban J connectivity index is 1.47. The van der Waals surface area contributed by atoms with Gasteiger partial charge in [0.05, 0.1) is 11.0 Å². The molecule has 0 radical (unpaired) electrons. The molecular weight excluding hydrogens is 414 g/mol. The number of rotatable bonds is 5. The van der Waals surface area contributed by atoms with Gasteiger partial charge in [-0.1, -0.05) is 66.7 Å². The standard InChI is InChI=1S/C31H23N3/c1-4-12-25(13-5-1)33(26-14-6-2-7-15-26)28-22-20-24(21-23-28)31-32-29-18-10-11-19-30(29)34(31)27-16-8-3-9-17-27/h1-23H. The Morgan fingerprint density at radius 3 is 1.59 bits per heavy atom. The van der Waals surface area contributed by atoms with Crippen LogP contribution in [0.3, 0.4) is 0 Å². The van der Waals surface area contributed by atoms with Gasteiger partial charge in [-0.25, -0.2) is 4.98 Å². The third kappa shape index (κ3) is 3.63. The zero-order valence-electron chi connectivity index (χ0n) is 18.6. The molecule has 0 aliphatic heterocycles. The van der Waals surface area contributed by atoms with Gasteiger partial charge in [-0.15, -0.1) is 0 Å². The lowest BCUT2D eigenvalue weighted by molar-refractivity contribution is 1.10. The summed E-state index contributed by atoms with van der Waals surface area (Å²) in [6.07, 6.45) is 0. The van der Waals surface area contributed by atoms with E-state index >= 15 is 0 Å². The predicted molar refractivity (Wildman–Crippen MR) is 141 cm³/mol. The van der Waals surface area contributed by atoms with Crippen LogP contribution in [-0.2, 0) is 0 Å². The Morgan fingerprint density at radius 1 is 0.471 bits per heavy atom. The summed E-state index contributed by atoms with van der Waals surface area (Å²) < 4.78 is 2.23. The molecule has 0 aliphatic rings. The molecule has 1 aromatic heterocycles. The second kappa shape index (κ2) is 8.72. The van der Waals surface area contributed by atoms with Gasteiger partial charge in [-0.2, -0.15) is 0 Å². The summed E-state index contributed by atoms with van der Waals surface area (Å²) in [6, 6.07) is 48.3. The first-order valence-corrected chi connectivity index (χ1v) is 11.4. The van der Waals surface area contributed by atoms with E-state index in [2.05, 4.69) is 125 Å². The number of aromatic nitrogens is 2. The van der Waals surface area contributed by atoms with Gasteiger partial charge in [0.15, 0.2) is 0 Å². The van der Waals surface area contributed by atoms with E-state index < -0.39 is 0 Å². The first kappa shape index (κ1) is 20.0. The lowest BCUT2D eigenvalue weighted by Crippen LogP contribution is -2.09. The molecule has 0 atom stereocenters. The van der Waals surface area contributed by atoms with Crippen molar-refractivity contribution in [2.45, 2.75) is 0 Å². The van der Waals surface area contributed by atoms with Gasteiger partial charge in [0.2, 0.25) is 0 Å². The minimum absolute atomic E-state index is 0.935. The molecule has 0 spiro atoms. The largest absolute Gasteiger partial charge is 0.311 e. The van der Waals surface area contributed by atoms with Gasteiger partial charge in [0.25, 0.3) is 0 Å². The number of hydrogen-bond acceptors (Lipinski definition) is 2. The van der Waals surface area contributed by atoms with Crippen molar-refractivity contribution < 1.29 is 0 Å². The van der Waals surface area contributed by atoms with E-state index in [1.165, 1.54) is 0 Å². The highest BCUT2D eigenvalue weighted by molar-refractivity contribution is 5.84. The smallest absolute Gasteiger partial charge is 0.145 e. The van der Waals surface area contributed by atoms with Crippen molar-refractivity contribution in [3.05, 3.63) is 140 Å². The second-order valence-electron chi connectivity index (χ2n) is 8.15. The maximum atomic E-state index is 5.00. The number of para-hydroxylation sites is 5. The molecule has 0 bridgehead atoms. The maximum absolute atomic E-state index is 5.00. The van der Waals surface area contributed by atoms with Crippen molar-refractivity contribution in [2.75, 3.05) is 4.90 Å². The predicted octanol–water partition coefficient (Wildman–Crippen LogP) is 8.16. The lowest BCUT2D eigenvalue weighted by Gasteiger charge is -2.25. The minimum atomic E-state index is 0.935. The first-order chi connectivity index (χ1) is 16.9. The van der Waals surface area contributed by atoms with E-state index in [-0.39, 0.29) is 0 Å². The van der Waals surface area contributed by atoms with Crippen LogP contribution in [0.25, 0.3) is 28.1 Å². The van der Waals surface area contributed by atoms with Gasteiger partial charge in [-0.3, -0.25) is 4.57 Å². The van der Waals surface area contributed by atoms with Gasteiger partial charge in [-0.05, 0) is 72.8 Å². The Bertz CT molecular complexity index is 1480. The van der Waals surface area contributed by atoms with Gasteiger partial charge < -0.3 is 4.90 Å². The molecule has 0 amide bonds. The van der Waals surface area contributed by atoms with E-state index in [4.69, 9.17) is 4.98 Å². The summed E-state index contributed by atoms with van der Waals surface area (Å²) in [6.45, 7) is 0. The van der Waals surface area contributed by atoms with E-state index in [9.17, 15) is 0 Å². The molecule has 1 heterocycles. The first-order valence-electron chi connectivity index (χ1n) is 11.4. The van der Waals surface area contributed by atoms with Crippen molar-refractivity contribution in [1.82, 2.24) is 9.55 Å². The third-order valence-corrected chi connectivity index (χ3v) is 5.99.